The first-order valence-corrected chi connectivity index (χ1v) is 9.00. The number of hydrogen-bond donors (Lipinski definition) is 2. The fourth-order valence-electron chi connectivity index (χ4n) is 2.74. The highest BCUT2D eigenvalue weighted by atomic mass is 16.6. The molecule has 0 aliphatic rings. The van der Waals surface area contributed by atoms with E-state index < -0.39 is 11.0 Å². The molecule has 2 N–H and O–H groups in total. The van der Waals surface area contributed by atoms with Crippen LogP contribution in [0, 0.1) is 10.1 Å². The van der Waals surface area contributed by atoms with Crippen molar-refractivity contribution in [1.82, 2.24) is 4.90 Å². The van der Waals surface area contributed by atoms with Gasteiger partial charge >= 0.3 is 0 Å². The predicted molar refractivity (Wildman–Crippen MR) is 107 cm³/mol. The van der Waals surface area contributed by atoms with Crippen LogP contribution in [0.25, 0.3) is 0 Å². The van der Waals surface area contributed by atoms with E-state index in [1.54, 1.807) is 18.0 Å². The minimum absolute atomic E-state index is 0.0359. The third-order valence-corrected chi connectivity index (χ3v) is 4.08. The molecule has 0 saturated carbocycles. The summed E-state index contributed by atoms with van der Waals surface area (Å²) in [6.07, 6.45) is -0.0278. The van der Waals surface area contributed by atoms with Crippen LogP contribution in [0.2, 0.25) is 0 Å². The number of rotatable bonds is 10. The fourth-order valence-corrected chi connectivity index (χ4v) is 2.74. The van der Waals surface area contributed by atoms with Crippen LogP contribution in [0.5, 0.6) is 5.75 Å². The van der Waals surface area contributed by atoms with Crippen molar-refractivity contribution >= 4 is 17.3 Å². The van der Waals surface area contributed by atoms with Gasteiger partial charge in [-0.2, -0.15) is 0 Å². The first-order chi connectivity index (χ1) is 13.4. The number of hydrogen-bond acceptors (Lipinski definition) is 6. The second-order valence-corrected chi connectivity index (χ2v) is 6.47. The van der Waals surface area contributed by atoms with Gasteiger partial charge in [-0.05, 0) is 31.2 Å². The topological polar surface area (TPSA) is 105 Å². The Morgan fingerprint density at radius 1 is 1.29 bits per heavy atom. The summed E-state index contributed by atoms with van der Waals surface area (Å²) in [5.74, 6) is 0.139. The van der Waals surface area contributed by atoms with Gasteiger partial charge in [-0.3, -0.25) is 19.8 Å². The lowest BCUT2D eigenvalue weighted by Gasteiger charge is -2.20. The molecule has 1 atom stereocenters. The molecular formula is C20H25N3O5. The molecule has 0 bridgehead atoms. The highest BCUT2D eigenvalue weighted by molar-refractivity contribution is 5.92. The number of aryl methyl sites for hydroxylation is 1. The Morgan fingerprint density at radius 2 is 2.04 bits per heavy atom. The van der Waals surface area contributed by atoms with Crippen LogP contribution in [-0.2, 0) is 11.2 Å². The number of non-ortho nitro benzene ring substituents is 1. The van der Waals surface area contributed by atoms with Crippen LogP contribution >= 0.6 is 0 Å². The molecule has 150 valence electrons. The Morgan fingerprint density at radius 3 is 2.75 bits per heavy atom. The first-order valence-electron chi connectivity index (χ1n) is 9.00. The normalized spacial score (nSPS) is 11.9. The number of nitrogens with one attached hydrogen (secondary N) is 1. The summed E-state index contributed by atoms with van der Waals surface area (Å²) in [4.78, 5) is 24.2. The molecule has 0 fully saturated rings. The molecule has 2 aromatic rings. The van der Waals surface area contributed by atoms with Crippen LogP contribution in [0.4, 0.5) is 11.4 Å². The van der Waals surface area contributed by atoms with Gasteiger partial charge in [-0.15, -0.1) is 0 Å². The standard InChI is InChI=1S/C20H25N3O5/c1-3-15-7-4-5-10-19(15)21-20(25)13-22(2)12-17(24)14-28-18-9-6-8-16(11-18)23(26)27/h4-11,17,24H,3,12-14H2,1-2H3,(H,21,25)/t17-/m0/s1. The van der Waals surface area contributed by atoms with E-state index >= 15 is 0 Å². The number of nitro benzene ring substituents is 1. The molecule has 2 rings (SSSR count). The van der Waals surface area contributed by atoms with E-state index in [1.165, 1.54) is 18.2 Å². The van der Waals surface area contributed by atoms with E-state index in [-0.39, 0.29) is 31.3 Å². The lowest BCUT2D eigenvalue weighted by Crippen LogP contribution is -2.37. The molecule has 2 aromatic carbocycles. The van der Waals surface area contributed by atoms with E-state index in [4.69, 9.17) is 4.74 Å². The Balaban J connectivity index is 1.78. The average Bonchev–Trinajstić information content (AvgIpc) is 2.66. The van der Waals surface area contributed by atoms with E-state index in [2.05, 4.69) is 5.32 Å². The lowest BCUT2D eigenvalue weighted by molar-refractivity contribution is -0.384. The second-order valence-electron chi connectivity index (χ2n) is 6.47. The van der Waals surface area contributed by atoms with E-state index in [1.807, 2.05) is 31.2 Å². The van der Waals surface area contributed by atoms with Gasteiger partial charge in [0.15, 0.2) is 0 Å². The quantitative estimate of drug-likeness (QED) is 0.479. The van der Waals surface area contributed by atoms with Crippen LogP contribution < -0.4 is 10.1 Å². The number of anilines is 1. The minimum Gasteiger partial charge on any atom is -0.491 e. The zero-order valence-electron chi connectivity index (χ0n) is 16.0. The number of nitrogens with zero attached hydrogens (tertiary/aromatic N) is 2. The molecule has 0 radical (unpaired) electrons. The van der Waals surface area contributed by atoms with Gasteiger partial charge in [0.05, 0.1) is 17.5 Å². The van der Waals surface area contributed by atoms with Crippen LogP contribution in [0.1, 0.15) is 12.5 Å². The van der Waals surface area contributed by atoms with Crippen molar-refractivity contribution < 1.29 is 19.6 Å². The first kappa shape index (κ1) is 21.3. The Kier molecular flexibility index (Phi) is 7.91. The summed E-state index contributed by atoms with van der Waals surface area (Å²) >= 11 is 0. The zero-order valence-corrected chi connectivity index (χ0v) is 16.0. The second kappa shape index (κ2) is 10.4. The van der Waals surface area contributed by atoms with Crippen LogP contribution in [0.3, 0.4) is 0 Å². The number of benzene rings is 2. The third kappa shape index (κ3) is 6.64. The van der Waals surface area contributed by atoms with E-state index in [0.29, 0.717) is 5.75 Å². The minimum atomic E-state index is -0.847. The Hall–Kier alpha value is -2.97. The predicted octanol–water partition coefficient (Wildman–Crippen LogP) is 2.47. The summed E-state index contributed by atoms with van der Waals surface area (Å²) in [6, 6.07) is 13.4. The fraction of sp³-hybridized carbons (Fsp3) is 0.350. The van der Waals surface area contributed by atoms with Gasteiger partial charge in [0, 0.05) is 18.3 Å². The van der Waals surface area contributed by atoms with Crippen molar-refractivity contribution in [1.29, 1.82) is 0 Å². The van der Waals surface area contributed by atoms with Gasteiger partial charge in [0.2, 0.25) is 5.91 Å². The van der Waals surface area contributed by atoms with Gasteiger partial charge in [0.25, 0.3) is 5.69 Å². The summed E-state index contributed by atoms with van der Waals surface area (Å²) < 4.78 is 5.41. The summed E-state index contributed by atoms with van der Waals surface area (Å²) in [5.41, 5.74) is 1.77. The van der Waals surface area contributed by atoms with Crippen molar-refractivity contribution in [3.05, 3.63) is 64.2 Å². The SMILES string of the molecule is CCc1ccccc1NC(=O)CN(C)C[C@H](O)COc1cccc([N+](=O)[O-])c1. The zero-order chi connectivity index (χ0) is 20.5. The molecule has 0 aromatic heterocycles. The Bertz CT molecular complexity index is 812. The molecule has 0 unspecified atom stereocenters. The summed E-state index contributed by atoms with van der Waals surface area (Å²) in [7, 11) is 1.72. The van der Waals surface area contributed by atoms with Gasteiger partial charge in [-0.1, -0.05) is 31.2 Å². The molecule has 0 saturated heterocycles. The molecule has 8 nitrogen and oxygen atoms in total. The van der Waals surface area contributed by atoms with Crippen molar-refractivity contribution in [2.75, 3.05) is 32.1 Å². The number of aliphatic hydroxyl groups excluding tert-OH is 1. The van der Waals surface area contributed by atoms with Crippen molar-refractivity contribution in [3.63, 3.8) is 0 Å². The van der Waals surface area contributed by atoms with Gasteiger partial charge in [-0.25, -0.2) is 0 Å². The van der Waals surface area contributed by atoms with Gasteiger partial charge < -0.3 is 15.2 Å². The van der Waals surface area contributed by atoms with Crippen molar-refractivity contribution in [2.45, 2.75) is 19.4 Å². The highest BCUT2D eigenvalue weighted by Gasteiger charge is 2.14. The third-order valence-electron chi connectivity index (χ3n) is 4.08. The molecular weight excluding hydrogens is 362 g/mol. The largest absolute Gasteiger partial charge is 0.491 e. The molecule has 8 heteroatoms. The van der Waals surface area contributed by atoms with E-state index in [0.717, 1.165) is 17.7 Å². The summed E-state index contributed by atoms with van der Waals surface area (Å²) in [6.45, 7) is 2.32. The number of amides is 1. The average molecular weight is 387 g/mol. The van der Waals surface area contributed by atoms with Gasteiger partial charge in [0.1, 0.15) is 18.5 Å². The number of carbonyl (C=O) groups excluding carboxylic acids is 1. The van der Waals surface area contributed by atoms with E-state index in [9.17, 15) is 20.0 Å². The maximum Gasteiger partial charge on any atom is 0.273 e. The molecule has 0 heterocycles. The van der Waals surface area contributed by atoms with Crippen molar-refractivity contribution in [2.24, 2.45) is 0 Å². The highest BCUT2D eigenvalue weighted by Crippen LogP contribution is 2.19. The van der Waals surface area contributed by atoms with Crippen molar-refractivity contribution in [3.8, 4) is 5.75 Å². The number of likely N-dealkylation sites (N-methyl/N-ethyl adjacent to an activating group) is 1. The Labute approximate surface area is 163 Å². The molecule has 0 aliphatic heterocycles. The maximum atomic E-state index is 12.2. The number of aliphatic hydroxyl groups is 1. The number of ether oxygens (including phenoxy) is 1. The monoisotopic (exact) mass is 387 g/mol. The van der Waals surface area contributed by atoms with Crippen LogP contribution in [-0.4, -0.2) is 53.7 Å². The van der Waals surface area contributed by atoms with Crippen LogP contribution in [0.15, 0.2) is 48.5 Å². The molecule has 0 spiro atoms. The number of para-hydroxylation sites is 1. The maximum absolute atomic E-state index is 12.2. The lowest BCUT2D eigenvalue weighted by atomic mass is 10.1. The number of carbonyl (C=O) groups is 1. The molecule has 0 aliphatic carbocycles. The smallest absolute Gasteiger partial charge is 0.273 e. The summed E-state index contributed by atoms with van der Waals surface area (Å²) in [5, 5.41) is 23.8. The molecule has 28 heavy (non-hydrogen) atoms. The molecule has 1 amide bonds. The number of nitro groups is 1.